The third-order valence-electron chi connectivity index (χ3n) is 4.54. The van der Waals surface area contributed by atoms with Crippen molar-refractivity contribution in [2.45, 2.75) is 25.8 Å². The minimum atomic E-state index is -0.0792. The lowest BCUT2D eigenvalue weighted by Crippen LogP contribution is -2.35. The normalized spacial score (nSPS) is 20.0. The molecule has 0 bridgehead atoms. The Morgan fingerprint density at radius 2 is 1.88 bits per heavy atom. The van der Waals surface area contributed by atoms with Gasteiger partial charge >= 0.3 is 0 Å². The number of aryl methyl sites for hydroxylation is 2. The van der Waals surface area contributed by atoms with Gasteiger partial charge in [-0.15, -0.1) is 0 Å². The Balaban J connectivity index is 1.49. The Kier molecular flexibility index (Phi) is 5.62. The highest BCUT2D eigenvalue weighted by atomic mass is 16.2. The molecule has 2 aromatic carbocycles. The summed E-state index contributed by atoms with van der Waals surface area (Å²) < 4.78 is 0. The van der Waals surface area contributed by atoms with Gasteiger partial charge in [0.25, 0.3) is 0 Å². The number of carbonyl (C=O) groups is 1. The molecule has 1 heterocycles. The number of nitrogens with one attached hydrogen (secondary N) is 3. The zero-order valence-electron chi connectivity index (χ0n) is 14.1. The number of carbonyl (C=O) groups excluding carboxylic acids is 1. The van der Waals surface area contributed by atoms with Crippen molar-refractivity contribution in [1.29, 1.82) is 0 Å². The largest absolute Gasteiger partial charge is 0.356 e. The van der Waals surface area contributed by atoms with E-state index in [2.05, 4.69) is 71.6 Å². The second kappa shape index (κ2) is 8.08. The molecule has 0 aromatic heterocycles. The highest BCUT2D eigenvalue weighted by Crippen LogP contribution is 2.25. The van der Waals surface area contributed by atoms with E-state index in [-0.39, 0.29) is 17.9 Å². The van der Waals surface area contributed by atoms with Gasteiger partial charge in [0.05, 0.1) is 12.0 Å². The van der Waals surface area contributed by atoms with Crippen molar-refractivity contribution >= 4 is 5.91 Å². The van der Waals surface area contributed by atoms with Crippen LogP contribution in [0.4, 0.5) is 0 Å². The molecule has 4 nitrogen and oxygen atoms in total. The summed E-state index contributed by atoms with van der Waals surface area (Å²) in [5, 5.41) is 3.09. The van der Waals surface area contributed by atoms with Gasteiger partial charge in [-0.2, -0.15) is 0 Å². The fraction of sp³-hybridized carbons (Fsp3) is 0.350. The van der Waals surface area contributed by atoms with Gasteiger partial charge < -0.3 is 5.32 Å². The van der Waals surface area contributed by atoms with Crippen LogP contribution in [0.1, 0.15) is 29.2 Å². The molecule has 3 rings (SSSR count). The van der Waals surface area contributed by atoms with Crippen molar-refractivity contribution in [3.05, 3.63) is 71.3 Å². The lowest BCUT2D eigenvalue weighted by Gasteiger charge is -2.18. The van der Waals surface area contributed by atoms with E-state index < -0.39 is 0 Å². The zero-order valence-corrected chi connectivity index (χ0v) is 14.1. The monoisotopic (exact) mass is 323 g/mol. The van der Waals surface area contributed by atoms with Crippen molar-refractivity contribution in [3.63, 3.8) is 0 Å². The van der Waals surface area contributed by atoms with E-state index >= 15 is 0 Å². The highest BCUT2D eigenvalue weighted by Gasteiger charge is 2.33. The predicted molar refractivity (Wildman–Crippen MR) is 96.3 cm³/mol. The maximum atomic E-state index is 12.5. The van der Waals surface area contributed by atoms with Crippen LogP contribution in [0.5, 0.6) is 0 Å². The Morgan fingerprint density at radius 3 is 2.62 bits per heavy atom. The summed E-state index contributed by atoms with van der Waals surface area (Å²) >= 11 is 0. The van der Waals surface area contributed by atoms with E-state index in [0.717, 1.165) is 18.4 Å². The Labute approximate surface area is 143 Å². The van der Waals surface area contributed by atoms with Crippen LogP contribution < -0.4 is 16.2 Å². The molecule has 4 heteroatoms. The number of hydrogen-bond donors (Lipinski definition) is 3. The smallest absolute Gasteiger partial charge is 0.226 e. The van der Waals surface area contributed by atoms with Crippen LogP contribution in [0.3, 0.4) is 0 Å². The number of hydrogen-bond acceptors (Lipinski definition) is 3. The highest BCUT2D eigenvalue weighted by molar-refractivity contribution is 5.80. The molecule has 0 radical (unpaired) electrons. The maximum absolute atomic E-state index is 12.5. The standard InChI is InChI=1S/C20H25N3O/c1-15-9-11-17(12-10-15)19-18(14-22-23-19)20(24)21-13-5-8-16-6-3-2-4-7-16/h2-4,6-7,9-12,18-19,22-23H,5,8,13-14H2,1H3,(H,21,24). The topological polar surface area (TPSA) is 53.2 Å². The molecule has 1 aliphatic rings. The summed E-state index contributed by atoms with van der Waals surface area (Å²) in [5.41, 5.74) is 10.0. The van der Waals surface area contributed by atoms with Crippen molar-refractivity contribution in [2.75, 3.05) is 13.1 Å². The molecule has 0 spiro atoms. The van der Waals surface area contributed by atoms with E-state index in [1.165, 1.54) is 11.1 Å². The molecule has 0 aliphatic carbocycles. The van der Waals surface area contributed by atoms with Crippen LogP contribution in [0.15, 0.2) is 54.6 Å². The molecule has 2 aromatic rings. The van der Waals surface area contributed by atoms with Gasteiger partial charge in [0.2, 0.25) is 5.91 Å². The van der Waals surface area contributed by atoms with Crippen LogP contribution in [0.25, 0.3) is 0 Å². The number of rotatable bonds is 6. The predicted octanol–water partition coefficient (Wildman–Crippen LogP) is 2.51. The van der Waals surface area contributed by atoms with Crippen LogP contribution in [-0.4, -0.2) is 19.0 Å². The first kappa shape index (κ1) is 16.7. The second-order valence-electron chi connectivity index (χ2n) is 6.40. The molecular formula is C20H25N3O. The summed E-state index contributed by atoms with van der Waals surface area (Å²) in [6.07, 6.45) is 1.95. The molecule has 2 unspecified atom stereocenters. The number of benzene rings is 2. The van der Waals surface area contributed by atoms with E-state index in [1.807, 2.05) is 6.07 Å². The molecule has 126 valence electrons. The molecule has 0 saturated carbocycles. The lowest BCUT2D eigenvalue weighted by atomic mass is 9.93. The van der Waals surface area contributed by atoms with E-state index in [4.69, 9.17) is 0 Å². The van der Waals surface area contributed by atoms with Crippen LogP contribution in [-0.2, 0) is 11.2 Å². The van der Waals surface area contributed by atoms with Gasteiger partial charge in [-0.25, -0.2) is 5.43 Å². The van der Waals surface area contributed by atoms with E-state index in [9.17, 15) is 4.79 Å². The Morgan fingerprint density at radius 1 is 1.12 bits per heavy atom. The first-order valence-electron chi connectivity index (χ1n) is 8.60. The van der Waals surface area contributed by atoms with Crippen molar-refractivity contribution in [3.8, 4) is 0 Å². The lowest BCUT2D eigenvalue weighted by molar-refractivity contribution is -0.124. The van der Waals surface area contributed by atoms with Crippen molar-refractivity contribution in [2.24, 2.45) is 5.92 Å². The third-order valence-corrected chi connectivity index (χ3v) is 4.54. The molecule has 1 amide bonds. The SMILES string of the molecule is Cc1ccc(C2NNCC2C(=O)NCCCc2ccccc2)cc1. The first-order chi connectivity index (χ1) is 11.7. The minimum Gasteiger partial charge on any atom is -0.356 e. The number of amides is 1. The summed E-state index contributed by atoms with van der Waals surface area (Å²) in [4.78, 5) is 12.5. The third kappa shape index (κ3) is 4.22. The van der Waals surface area contributed by atoms with Crippen LogP contribution >= 0.6 is 0 Å². The fourth-order valence-corrected chi connectivity index (χ4v) is 3.11. The van der Waals surface area contributed by atoms with Crippen LogP contribution in [0.2, 0.25) is 0 Å². The summed E-state index contributed by atoms with van der Waals surface area (Å²) in [6.45, 7) is 3.44. The van der Waals surface area contributed by atoms with Gasteiger partial charge in [-0.1, -0.05) is 60.2 Å². The molecule has 24 heavy (non-hydrogen) atoms. The van der Waals surface area contributed by atoms with Gasteiger partial charge in [-0.05, 0) is 30.9 Å². The average molecular weight is 323 g/mol. The van der Waals surface area contributed by atoms with Crippen LogP contribution in [0, 0.1) is 12.8 Å². The molecular weight excluding hydrogens is 298 g/mol. The summed E-state index contributed by atoms with van der Waals surface area (Å²) in [5.74, 6) is 0.0376. The van der Waals surface area contributed by atoms with Crippen molar-refractivity contribution in [1.82, 2.24) is 16.2 Å². The summed E-state index contributed by atoms with van der Waals surface area (Å²) in [7, 11) is 0. The average Bonchev–Trinajstić information content (AvgIpc) is 3.10. The zero-order chi connectivity index (χ0) is 16.8. The molecule has 1 saturated heterocycles. The Hall–Kier alpha value is -2.17. The van der Waals surface area contributed by atoms with Gasteiger partial charge in [0.1, 0.15) is 0 Å². The van der Waals surface area contributed by atoms with E-state index in [0.29, 0.717) is 13.1 Å². The van der Waals surface area contributed by atoms with Crippen molar-refractivity contribution < 1.29 is 4.79 Å². The fourth-order valence-electron chi connectivity index (χ4n) is 3.11. The van der Waals surface area contributed by atoms with Gasteiger partial charge in [-0.3, -0.25) is 10.2 Å². The molecule has 3 N–H and O–H groups in total. The number of hydrazine groups is 1. The van der Waals surface area contributed by atoms with Gasteiger partial charge in [0, 0.05) is 13.1 Å². The molecule has 2 atom stereocenters. The quantitative estimate of drug-likeness (QED) is 0.716. The minimum absolute atomic E-state index is 0.0275. The molecule has 1 fully saturated rings. The molecule has 1 aliphatic heterocycles. The summed E-state index contributed by atoms with van der Waals surface area (Å²) in [6, 6.07) is 18.8. The van der Waals surface area contributed by atoms with E-state index in [1.54, 1.807) is 0 Å². The first-order valence-corrected chi connectivity index (χ1v) is 8.60. The van der Waals surface area contributed by atoms with Gasteiger partial charge in [0.15, 0.2) is 0 Å². The maximum Gasteiger partial charge on any atom is 0.226 e. The Bertz CT molecular complexity index is 654. The second-order valence-corrected chi connectivity index (χ2v) is 6.40.